The molecule has 1 aromatic rings. The van der Waals surface area contributed by atoms with Crippen molar-refractivity contribution in [3.63, 3.8) is 0 Å². The molecule has 7 nitrogen and oxygen atoms in total. The highest BCUT2D eigenvalue weighted by molar-refractivity contribution is 5.95. The minimum Gasteiger partial charge on any atom is -0.444 e. The van der Waals surface area contributed by atoms with Crippen molar-refractivity contribution < 1.29 is 14.3 Å². The van der Waals surface area contributed by atoms with Gasteiger partial charge in [-0.3, -0.25) is 9.48 Å². The zero-order valence-electron chi connectivity index (χ0n) is 14.3. The number of carbonyl (C=O) groups is 2. The smallest absolute Gasteiger partial charge is 0.410 e. The maximum atomic E-state index is 12.4. The van der Waals surface area contributed by atoms with Crippen LogP contribution in [0.2, 0.25) is 0 Å². The second-order valence-corrected chi connectivity index (χ2v) is 7.44. The highest BCUT2D eigenvalue weighted by Crippen LogP contribution is 2.30. The van der Waals surface area contributed by atoms with E-state index in [2.05, 4.69) is 10.4 Å². The van der Waals surface area contributed by atoms with Crippen molar-refractivity contribution in [2.45, 2.75) is 65.3 Å². The summed E-state index contributed by atoms with van der Waals surface area (Å²) < 4.78 is 7.29. The van der Waals surface area contributed by atoms with Gasteiger partial charge in [0.1, 0.15) is 11.3 Å². The summed E-state index contributed by atoms with van der Waals surface area (Å²) in [7, 11) is 0. The summed E-state index contributed by atoms with van der Waals surface area (Å²) in [5.74, 6) is -0.115. The van der Waals surface area contributed by atoms with Crippen LogP contribution in [-0.2, 0) is 17.7 Å². The lowest BCUT2D eigenvalue weighted by Gasteiger charge is -2.34. The zero-order valence-corrected chi connectivity index (χ0v) is 14.3. The Morgan fingerprint density at radius 3 is 2.65 bits per heavy atom. The predicted molar refractivity (Wildman–Crippen MR) is 84.2 cm³/mol. The van der Waals surface area contributed by atoms with Gasteiger partial charge in [-0.1, -0.05) is 0 Å². The number of nitrogens with one attached hydrogen (secondary N) is 1. The Bertz CT molecular complexity index is 659. The molecular formula is C16H24N4O3. The lowest BCUT2D eigenvalue weighted by atomic mass is 9.99. The van der Waals surface area contributed by atoms with Crippen LogP contribution in [0.25, 0.3) is 0 Å². The molecule has 2 aliphatic heterocycles. The average molecular weight is 320 g/mol. The van der Waals surface area contributed by atoms with Gasteiger partial charge in [0.25, 0.3) is 5.91 Å². The largest absolute Gasteiger partial charge is 0.444 e. The van der Waals surface area contributed by atoms with E-state index in [0.29, 0.717) is 25.2 Å². The van der Waals surface area contributed by atoms with Crippen LogP contribution in [0.1, 0.15) is 62.4 Å². The number of nitrogens with zero attached hydrogens (tertiary/aromatic N) is 3. The third-order valence-electron chi connectivity index (χ3n) is 4.26. The molecule has 2 aliphatic rings. The van der Waals surface area contributed by atoms with E-state index in [9.17, 15) is 9.59 Å². The van der Waals surface area contributed by atoms with Crippen LogP contribution >= 0.6 is 0 Å². The Morgan fingerprint density at radius 1 is 1.30 bits per heavy atom. The lowest BCUT2D eigenvalue weighted by Crippen LogP contribution is -2.45. The van der Waals surface area contributed by atoms with Crippen molar-refractivity contribution in [1.29, 1.82) is 0 Å². The molecule has 3 heterocycles. The van der Waals surface area contributed by atoms with Crippen LogP contribution in [-0.4, -0.2) is 44.9 Å². The molecule has 0 saturated carbocycles. The van der Waals surface area contributed by atoms with E-state index in [1.807, 2.05) is 34.6 Å². The fourth-order valence-electron chi connectivity index (χ4n) is 3.10. The monoisotopic (exact) mass is 320 g/mol. The summed E-state index contributed by atoms with van der Waals surface area (Å²) in [6, 6.07) is 0.117. The maximum absolute atomic E-state index is 12.4. The van der Waals surface area contributed by atoms with Gasteiger partial charge in [0, 0.05) is 24.6 Å². The number of hydrogen-bond donors (Lipinski definition) is 1. The average Bonchev–Trinajstić information content (AvgIpc) is 2.79. The molecule has 0 fully saturated rings. The van der Waals surface area contributed by atoms with Gasteiger partial charge in [-0.05, 0) is 34.6 Å². The minimum absolute atomic E-state index is 0.00679. The molecule has 0 radical (unpaired) electrons. The summed E-state index contributed by atoms with van der Waals surface area (Å²) in [5.41, 5.74) is 1.80. The molecule has 1 N–H and O–H groups in total. The van der Waals surface area contributed by atoms with Crippen LogP contribution < -0.4 is 5.32 Å². The number of ether oxygens (including phenoxy) is 1. The molecule has 126 valence electrons. The van der Waals surface area contributed by atoms with Gasteiger partial charge in [0.2, 0.25) is 0 Å². The first-order valence-electron chi connectivity index (χ1n) is 8.05. The van der Waals surface area contributed by atoms with Gasteiger partial charge in [-0.15, -0.1) is 0 Å². The summed E-state index contributed by atoms with van der Waals surface area (Å²) in [5, 5.41) is 7.50. The van der Waals surface area contributed by atoms with Crippen LogP contribution in [0.5, 0.6) is 0 Å². The fourth-order valence-corrected chi connectivity index (χ4v) is 3.10. The number of fused-ring (bicyclic) bond motifs is 3. The number of carbonyl (C=O) groups excluding carboxylic acids is 2. The molecule has 2 amide bonds. The minimum atomic E-state index is -0.540. The van der Waals surface area contributed by atoms with Crippen molar-refractivity contribution in [1.82, 2.24) is 20.0 Å². The van der Waals surface area contributed by atoms with Gasteiger partial charge in [-0.2, -0.15) is 5.10 Å². The van der Waals surface area contributed by atoms with Gasteiger partial charge < -0.3 is 15.0 Å². The fraction of sp³-hybridized carbons (Fsp3) is 0.688. The third-order valence-corrected chi connectivity index (χ3v) is 4.26. The second-order valence-electron chi connectivity index (χ2n) is 7.44. The lowest BCUT2D eigenvalue weighted by molar-refractivity contribution is 0.0136. The van der Waals surface area contributed by atoms with Crippen molar-refractivity contribution in [2.24, 2.45) is 0 Å². The van der Waals surface area contributed by atoms with Crippen molar-refractivity contribution in [3.8, 4) is 0 Å². The van der Waals surface area contributed by atoms with E-state index in [1.54, 1.807) is 9.58 Å². The SMILES string of the molecule is C[C@@H]1Cc2nn3c(c2CN1C(=O)OC(C)(C)C)C(=O)NC[C@H]3C. The zero-order chi connectivity index (χ0) is 16.9. The van der Waals surface area contributed by atoms with Crippen LogP contribution in [0.3, 0.4) is 0 Å². The van der Waals surface area contributed by atoms with Gasteiger partial charge in [0.15, 0.2) is 0 Å². The molecule has 0 spiro atoms. The predicted octanol–water partition coefficient (Wildman–Crippen LogP) is 1.87. The Labute approximate surface area is 136 Å². The Hall–Kier alpha value is -2.05. The molecule has 3 rings (SSSR count). The van der Waals surface area contributed by atoms with Crippen LogP contribution in [0.4, 0.5) is 4.79 Å². The van der Waals surface area contributed by atoms with Crippen molar-refractivity contribution >= 4 is 12.0 Å². The van der Waals surface area contributed by atoms with E-state index in [4.69, 9.17) is 4.74 Å². The normalized spacial score (nSPS) is 23.9. The third kappa shape index (κ3) is 2.80. The molecular weight excluding hydrogens is 296 g/mol. The first kappa shape index (κ1) is 15.8. The highest BCUT2D eigenvalue weighted by atomic mass is 16.6. The number of hydrogen-bond acceptors (Lipinski definition) is 4. The molecule has 2 atom stereocenters. The second kappa shape index (κ2) is 5.25. The van der Waals surface area contributed by atoms with E-state index in [0.717, 1.165) is 11.3 Å². The molecule has 0 saturated heterocycles. The number of amides is 2. The van der Waals surface area contributed by atoms with E-state index < -0.39 is 5.60 Å². The molecule has 0 aliphatic carbocycles. The first-order chi connectivity index (χ1) is 10.7. The van der Waals surface area contributed by atoms with Crippen LogP contribution in [0.15, 0.2) is 0 Å². The standard InChI is InChI=1S/C16H24N4O3/c1-9-6-12-11(8-19(9)15(22)23-16(3,4)5)13-14(21)17-7-10(2)20(13)18-12/h9-10H,6-8H2,1-5H3,(H,17,21)/t9-,10-/m1/s1. The highest BCUT2D eigenvalue weighted by Gasteiger charge is 2.37. The quantitative estimate of drug-likeness (QED) is 0.792. The van der Waals surface area contributed by atoms with Crippen molar-refractivity contribution in [2.75, 3.05) is 6.54 Å². The van der Waals surface area contributed by atoms with E-state index in [1.165, 1.54) is 0 Å². The molecule has 0 unspecified atom stereocenters. The topological polar surface area (TPSA) is 76.5 Å². The molecule has 0 aromatic carbocycles. The molecule has 23 heavy (non-hydrogen) atoms. The van der Waals surface area contributed by atoms with Crippen LogP contribution in [0, 0.1) is 0 Å². The van der Waals surface area contributed by atoms with Gasteiger partial charge in [-0.25, -0.2) is 4.79 Å². The summed E-state index contributed by atoms with van der Waals surface area (Å²) >= 11 is 0. The Morgan fingerprint density at radius 2 is 2.00 bits per heavy atom. The van der Waals surface area contributed by atoms with Gasteiger partial charge in [0.05, 0.1) is 18.3 Å². The van der Waals surface area contributed by atoms with Gasteiger partial charge >= 0.3 is 6.09 Å². The summed E-state index contributed by atoms with van der Waals surface area (Å²) in [4.78, 5) is 26.4. The summed E-state index contributed by atoms with van der Waals surface area (Å²) in [6.07, 6.45) is 0.286. The molecule has 0 bridgehead atoms. The number of rotatable bonds is 0. The summed E-state index contributed by atoms with van der Waals surface area (Å²) in [6.45, 7) is 10.5. The van der Waals surface area contributed by atoms with E-state index in [-0.39, 0.29) is 24.1 Å². The Balaban J connectivity index is 1.93. The van der Waals surface area contributed by atoms with E-state index >= 15 is 0 Å². The van der Waals surface area contributed by atoms with Crippen molar-refractivity contribution in [3.05, 3.63) is 17.0 Å². The number of aromatic nitrogens is 2. The first-order valence-corrected chi connectivity index (χ1v) is 8.05. The Kier molecular flexibility index (Phi) is 3.61. The molecule has 7 heteroatoms. The molecule has 1 aromatic heterocycles. The maximum Gasteiger partial charge on any atom is 0.410 e.